The van der Waals surface area contributed by atoms with Crippen molar-refractivity contribution >= 4 is 17.4 Å². The first-order chi connectivity index (χ1) is 9.70. The summed E-state index contributed by atoms with van der Waals surface area (Å²) in [5, 5.41) is 2.96. The van der Waals surface area contributed by atoms with E-state index < -0.39 is 0 Å². The Bertz CT molecular complexity index is 514. The Kier molecular flexibility index (Phi) is 2.72. The number of nitrogens with one attached hydrogen (secondary N) is 1. The number of carbonyl (C=O) groups excluding carboxylic acids is 1. The first kappa shape index (κ1) is 12.2. The lowest BCUT2D eigenvalue weighted by molar-refractivity contribution is -0.132. The number of aromatic nitrogens is 1. The summed E-state index contributed by atoms with van der Waals surface area (Å²) >= 11 is 0. The molecular formula is C16H21N3O. The van der Waals surface area contributed by atoms with Gasteiger partial charge in [-0.05, 0) is 67.9 Å². The van der Waals surface area contributed by atoms with Crippen LogP contribution in [-0.4, -0.2) is 10.9 Å². The second-order valence-corrected chi connectivity index (χ2v) is 6.89. The monoisotopic (exact) mass is 271 g/mol. The molecule has 106 valence electrons. The van der Waals surface area contributed by atoms with Gasteiger partial charge in [-0.2, -0.15) is 0 Å². The molecule has 4 nitrogen and oxygen atoms in total. The minimum atomic E-state index is 0.143. The topological polar surface area (TPSA) is 68.0 Å². The average molecular weight is 271 g/mol. The van der Waals surface area contributed by atoms with E-state index in [2.05, 4.69) is 10.3 Å². The molecule has 1 aromatic heterocycles. The van der Waals surface area contributed by atoms with Gasteiger partial charge < -0.3 is 11.1 Å². The summed E-state index contributed by atoms with van der Waals surface area (Å²) in [6, 6.07) is 3.56. The van der Waals surface area contributed by atoms with Gasteiger partial charge in [0.2, 0.25) is 5.91 Å². The van der Waals surface area contributed by atoms with Crippen molar-refractivity contribution in [2.24, 2.45) is 29.6 Å². The van der Waals surface area contributed by atoms with E-state index in [1.165, 1.54) is 32.1 Å². The van der Waals surface area contributed by atoms with E-state index >= 15 is 0 Å². The fourth-order valence-electron chi connectivity index (χ4n) is 5.08. The maximum atomic E-state index is 12.6. The van der Waals surface area contributed by atoms with Gasteiger partial charge in [-0.3, -0.25) is 4.79 Å². The summed E-state index contributed by atoms with van der Waals surface area (Å²) in [5.41, 5.74) is 6.41. The van der Waals surface area contributed by atoms with Gasteiger partial charge in [0.25, 0.3) is 0 Å². The number of hydrogen-bond acceptors (Lipinski definition) is 3. The fourth-order valence-corrected chi connectivity index (χ4v) is 5.08. The van der Waals surface area contributed by atoms with Crippen LogP contribution in [0.15, 0.2) is 18.3 Å². The Hall–Kier alpha value is -1.58. The molecule has 4 heteroatoms. The predicted molar refractivity (Wildman–Crippen MR) is 77.8 cm³/mol. The van der Waals surface area contributed by atoms with Gasteiger partial charge in [-0.1, -0.05) is 0 Å². The largest absolute Gasteiger partial charge is 0.396 e. The van der Waals surface area contributed by atoms with Crippen LogP contribution in [0.3, 0.4) is 0 Å². The van der Waals surface area contributed by atoms with Crippen LogP contribution in [0.1, 0.15) is 32.1 Å². The van der Waals surface area contributed by atoms with E-state index in [0.29, 0.717) is 23.3 Å². The zero-order chi connectivity index (χ0) is 13.7. The van der Waals surface area contributed by atoms with E-state index in [-0.39, 0.29) is 11.8 Å². The van der Waals surface area contributed by atoms with Crippen LogP contribution < -0.4 is 11.1 Å². The molecule has 3 N–H and O–H groups in total. The molecule has 0 atom stereocenters. The molecule has 4 aliphatic carbocycles. The molecule has 0 unspecified atom stereocenters. The Balaban J connectivity index is 1.53. The minimum absolute atomic E-state index is 0.143. The van der Waals surface area contributed by atoms with Gasteiger partial charge in [-0.25, -0.2) is 4.98 Å². The fraction of sp³-hybridized carbons (Fsp3) is 0.625. The molecule has 0 aromatic carbocycles. The van der Waals surface area contributed by atoms with Crippen LogP contribution in [0.2, 0.25) is 0 Å². The first-order valence-corrected chi connectivity index (χ1v) is 7.72. The number of anilines is 2. The molecule has 20 heavy (non-hydrogen) atoms. The zero-order valence-corrected chi connectivity index (χ0v) is 11.6. The van der Waals surface area contributed by atoms with Crippen LogP contribution in [0.5, 0.6) is 0 Å². The lowest BCUT2D eigenvalue weighted by atomic mass is 9.51. The molecule has 4 aliphatic rings. The zero-order valence-electron chi connectivity index (χ0n) is 11.6. The number of nitrogen functional groups attached to an aromatic ring is 1. The average Bonchev–Trinajstić information content (AvgIpc) is 2.40. The van der Waals surface area contributed by atoms with Gasteiger partial charge in [0.1, 0.15) is 0 Å². The molecule has 0 saturated heterocycles. The molecule has 4 fully saturated rings. The molecule has 5 rings (SSSR count). The van der Waals surface area contributed by atoms with Crippen molar-refractivity contribution in [1.82, 2.24) is 4.98 Å². The number of amides is 1. The molecule has 1 aromatic rings. The van der Waals surface area contributed by atoms with Crippen LogP contribution in [0.25, 0.3) is 0 Å². The number of rotatable bonds is 2. The summed E-state index contributed by atoms with van der Waals surface area (Å²) < 4.78 is 0. The van der Waals surface area contributed by atoms with Gasteiger partial charge in [0.15, 0.2) is 5.82 Å². The number of nitrogens with zero attached hydrogens (tertiary/aromatic N) is 1. The second kappa shape index (κ2) is 4.47. The summed E-state index contributed by atoms with van der Waals surface area (Å²) in [6.07, 6.45) is 8.09. The van der Waals surface area contributed by atoms with E-state index in [0.717, 1.165) is 11.8 Å². The van der Waals surface area contributed by atoms with Gasteiger partial charge in [0, 0.05) is 12.1 Å². The van der Waals surface area contributed by atoms with Crippen molar-refractivity contribution in [2.75, 3.05) is 11.1 Å². The molecule has 4 bridgehead atoms. The summed E-state index contributed by atoms with van der Waals surface area (Å²) in [6.45, 7) is 0. The number of nitrogens with two attached hydrogens (primary N) is 1. The Morgan fingerprint density at radius 3 is 2.40 bits per heavy atom. The summed E-state index contributed by atoms with van der Waals surface area (Å²) in [7, 11) is 0. The second-order valence-electron chi connectivity index (χ2n) is 6.89. The van der Waals surface area contributed by atoms with Crippen LogP contribution in [0.4, 0.5) is 11.5 Å². The lowest BCUT2D eigenvalue weighted by Gasteiger charge is -2.53. The maximum Gasteiger partial charge on any atom is 0.229 e. The summed E-state index contributed by atoms with van der Waals surface area (Å²) in [4.78, 5) is 16.8. The first-order valence-electron chi connectivity index (χ1n) is 7.72. The number of hydrogen-bond donors (Lipinski definition) is 2. The molecular weight excluding hydrogens is 250 g/mol. The Morgan fingerprint density at radius 1 is 1.15 bits per heavy atom. The highest BCUT2D eigenvalue weighted by atomic mass is 16.2. The van der Waals surface area contributed by atoms with Crippen molar-refractivity contribution in [3.8, 4) is 0 Å². The Labute approximate surface area is 119 Å². The molecule has 0 radical (unpaired) electrons. The highest BCUT2D eigenvalue weighted by molar-refractivity contribution is 5.94. The van der Waals surface area contributed by atoms with Crippen molar-refractivity contribution in [1.29, 1.82) is 0 Å². The quantitative estimate of drug-likeness (QED) is 0.869. The van der Waals surface area contributed by atoms with Gasteiger partial charge in [0.05, 0.1) is 5.69 Å². The third kappa shape index (κ3) is 1.89. The molecule has 0 aliphatic heterocycles. The van der Waals surface area contributed by atoms with Crippen LogP contribution in [0, 0.1) is 29.6 Å². The third-order valence-corrected chi connectivity index (χ3v) is 5.61. The standard InChI is InChI=1S/C16H21N3O/c17-13-2-1-3-18-15(13)19-16(20)14-11-5-9-4-10(7-11)8-12(14)6-9/h1-3,9-12,14H,4-8,17H2,(H,18,19,20). The van der Waals surface area contributed by atoms with Crippen molar-refractivity contribution in [3.05, 3.63) is 18.3 Å². The SMILES string of the molecule is Nc1cccnc1NC(=O)C1C2CC3CC(C2)CC1C3. The van der Waals surface area contributed by atoms with E-state index in [9.17, 15) is 4.79 Å². The van der Waals surface area contributed by atoms with E-state index in [1.807, 2.05) is 0 Å². The van der Waals surface area contributed by atoms with Crippen molar-refractivity contribution < 1.29 is 4.79 Å². The highest BCUT2D eigenvalue weighted by Gasteiger charge is 2.50. The number of carbonyl (C=O) groups is 1. The van der Waals surface area contributed by atoms with Gasteiger partial charge >= 0.3 is 0 Å². The van der Waals surface area contributed by atoms with Crippen LogP contribution in [-0.2, 0) is 4.79 Å². The molecule has 0 spiro atoms. The molecule has 1 amide bonds. The van der Waals surface area contributed by atoms with Crippen molar-refractivity contribution in [2.45, 2.75) is 32.1 Å². The van der Waals surface area contributed by atoms with E-state index in [1.54, 1.807) is 18.3 Å². The predicted octanol–water partition coefficient (Wildman–Crippen LogP) is 2.67. The highest BCUT2D eigenvalue weighted by Crippen LogP contribution is 2.56. The number of pyridine rings is 1. The molecule has 1 heterocycles. The van der Waals surface area contributed by atoms with E-state index in [4.69, 9.17) is 5.73 Å². The summed E-state index contributed by atoms with van der Waals surface area (Å²) in [5.74, 6) is 3.81. The van der Waals surface area contributed by atoms with Crippen LogP contribution >= 0.6 is 0 Å². The lowest BCUT2D eigenvalue weighted by Crippen LogP contribution is -2.49. The maximum absolute atomic E-state index is 12.6. The normalized spacial score (nSPS) is 37.9. The minimum Gasteiger partial charge on any atom is -0.396 e. The van der Waals surface area contributed by atoms with Gasteiger partial charge in [-0.15, -0.1) is 0 Å². The van der Waals surface area contributed by atoms with Crippen molar-refractivity contribution in [3.63, 3.8) is 0 Å². The molecule has 4 saturated carbocycles. The Morgan fingerprint density at radius 2 is 1.80 bits per heavy atom. The smallest absolute Gasteiger partial charge is 0.229 e. The third-order valence-electron chi connectivity index (χ3n) is 5.61.